The van der Waals surface area contributed by atoms with Gasteiger partial charge in [-0.2, -0.15) is 0 Å². The lowest BCUT2D eigenvalue weighted by molar-refractivity contribution is 0.180. The predicted molar refractivity (Wildman–Crippen MR) is 56.7 cm³/mol. The first-order chi connectivity index (χ1) is 4.98. The molecular formula is C10H15I. The van der Waals surface area contributed by atoms with Crippen molar-refractivity contribution in [2.45, 2.75) is 33.6 Å². The zero-order valence-corrected chi connectivity index (χ0v) is 9.60. The normalized spacial score (nSPS) is 46.2. The van der Waals surface area contributed by atoms with Gasteiger partial charge in [-0.25, -0.2) is 0 Å². The van der Waals surface area contributed by atoms with Crippen LogP contribution in [0.15, 0.2) is 9.66 Å². The molecular weight excluding hydrogens is 247 g/mol. The van der Waals surface area contributed by atoms with Crippen LogP contribution in [-0.4, -0.2) is 0 Å². The molecule has 0 spiro atoms. The van der Waals surface area contributed by atoms with Gasteiger partial charge in [0.05, 0.1) is 0 Å². The Balaban J connectivity index is 2.49. The quantitative estimate of drug-likeness (QED) is 0.583. The van der Waals surface area contributed by atoms with Crippen LogP contribution in [0.25, 0.3) is 0 Å². The van der Waals surface area contributed by atoms with Crippen LogP contribution in [0, 0.1) is 16.7 Å². The van der Waals surface area contributed by atoms with Crippen molar-refractivity contribution in [2.24, 2.45) is 16.7 Å². The van der Waals surface area contributed by atoms with Gasteiger partial charge in [0.25, 0.3) is 0 Å². The lowest BCUT2D eigenvalue weighted by Gasteiger charge is -2.35. The van der Waals surface area contributed by atoms with E-state index in [4.69, 9.17) is 0 Å². The van der Waals surface area contributed by atoms with Gasteiger partial charge in [0.1, 0.15) is 0 Å². The fraction of sp³-hybridized carbons (Fsp3) is 0.800. The molecule has 0 saturated heterocycles. The zero-order valence-electron chi connectivity index (χ0n) is 7.45. The number of halogens is 1. The molecule has 2 bridgehead atoms. The van der Waals surface area contributed by atoms with Crippen molar-refractivity contribution < 1.29 is 0 Å². The molecule has 0 amide bonds. The average molecular weight is 262 g/mol. The van der Waals surface area contributed by atoms with E-state index in [1.165, 1.54) is 12.8 Å². The lowest BCUT2D eigenvalue weighted by Crippen LogP contribution is -2.28. The highest BCUT2D eigenvalue weighted by atomic mass is 127. The number of hydrogen-bond acceptors (Lipinski definition) is 0. The van der Waals surface area contributed by atoms with Crippen molar-refractivity contribution in [2.75, 3.05) is 0 Å². The van der Waals surface area contributed by atoms with E-state index in [1.807, 2.05) is 0 Å². The molecule has 0 nitrogen and oxygen atoms in total. The number of rotatable bonds is 0. The highest BCUT2D eigenvalue weighted by Gasteiger charge is 2.56. The monoisotopic (exact) mass is 262 g/mol. The minimum Gasteiger partial charge on any atom is -0.0710 e. The van der Waals surface area contributed by atoms with E-state index in [9.17, 15) is 0 Å². The van der Waals surface area contributed by atoms with E-state index >= 15 is 0 Å². The molecule has 0 N–H and O–H groups in total. The van der Waals surface area contributed by atoms with Crippen LogP contribution in [0.1, 0.15) is 33.6 Å². The second-order valence-electron chi connectivity index (χ2n) is 4.71. The third kappa shape index (κ3) is 0.758. The van der Waals surface area contributed by atoms with Crippen LogP contribution in [0.4, 0.5) is 0 Å². The Kier molecular flexibility index (Phi) is 1.50. The summed E-state index contributed by atoms with van der Waals surface area (Å²) in [6, 6.07) is 0. The molecule has 0 heterocycles. The highest BCUT2D eigenvalue weighted by Crippen LogP contribution is 2.66. The van der Waals surface area contributed by atoms with Gasteiger partial charge in [-0.3, -0.25) is 0 Å². The Labute approximate surface area is 82.6 Å². The molecule has 2 rings (SSSR count). The lowest BCUT2D eigenvalue weighted by atomic mass is 9.70. The summed E-state index contributed by atoms with van der Waals surface area (Å²) in [5.74, 6) is 0.861. The van der Waals surface area contributed by atoms with Crippen molar-refractivity contribution in [1.29, 1.82) is 0 Å². The largest absolute Gasteiger partial charge is 0.0710 e. The molecule has 0 radical (unpaired) electrons. The van der Waals surface area contributed by atoms with Crippen LogP contribution >= 0.6 is 22.6 Å². The molecule has 1 saturated carbocycles. The molecule has 0 aromatic heterocycles. The molecule has 1 fully saturated rings. The number of hydrogen-bond donors (Lipinski definition) is 0. The molecule has 2 aliphatic carbocycles. The molecule has 62 valence electrons. The molecule has 1 unspecified atom stereocenters. The van der Waals surface area contributed by atoms with Crippen LogP contribution in [-0.2, 0) is 0 Å². The van der Waals surface area contributed by atoms with E-state index in [1.54, 1.807) is 3.58 Å². The Morgan fingerprint density at radius 2 is 2.09 bits per heavy atom. The summed E-state index contributed by atoms with van der Waals surface area (Å²) in [6.45, 7) is 7.28. The third-order valence-corrected chi connectivity index (χ3v) is 5.73. The molecule has 1 heteroatoms. The summed E-state index contributed by atoms with van der Waals surface area (Å²) < 4.78 is 1.61. The Morgan fingerprint density at radius 3 is 2.27 bits per heavy atom. The summed E-state index contributed by atoms with van der Waals surface area (Å²) in [4.78, 5) is 0. The number of allylic oxidation sites excluding steroid dienone is 2. The van der Waals surface area contributed by atoms with Crippen LogP contribution in [0.2, 0.25) is 0 Å². The summed E-state index contributed by atoms with van der Waals surface area (Å²) >= 11 is 2.53. The van der Waals surface area contributed by atoms with Crippen molar-refractivity contribution in [3.63, 3.8) is 0 Å². The van der Waals surface area contributed by atoms with Crippen molar-refractivity contribution in [3.05, 3.63) is 9.66 Å². The van der Waals surface area contributed by atoms with Crippen LogP contribution in [0.5, 0.6) is 0 Å². The zero-order chi connectivity index (χ0) is 8.28. The van der Waals surface area contributed by atoms with Gasteiger partial charge in [-0.15, -0.1) is 0 Å². The van der Waals surface area contributed by atoms with Crippen LogP contribution in [0.3, 0.4) is 0 Å². The minimum atomic E-state index is 0.512. The summed E-state index contributed by atoms with van der Waals surface area (Å²) in [6.07, 6.45) is 5.31. The average Bonchev–Trinajstić information content (AvgIpc) is 2.20. The molecule has 2 atom stereocenters. The van der Waals surface area contributed by atoms with E-state index in [-0.39, 0.29) is 0 Å². The smallest absolute Gasteiger partial charge is 0.00365 e. The first-order valence-corrected chi connectivity index (χ1v) is 5.44. The van der Waals surface area contributed by atoms with E-state index in [0.29, 0.717) is 10.8 Å². The van der Waals surface area contributed by atoms with Gasteiger partial charge in [0, 0.05) is 5.41 Å². The SMILES string of the molecule is CC1(C)C2C=C(I)[C@]1(C)CC2. The van der Waals surface area contributed by atoms with Gasteiger partial charge in [-0.1, -0.05) is 26.8 Å². The first-order valence-electron chi connectivity index (χ1n) is 4.36. The fourth-order valence-electron chi connectivity index (χ4n) is 2.62. The maximum atomic E-state index is 2.53. The van der Waals surface area contributed by atoms with E-state index in [2.05, 4.69) is 49.4 Å². The molecule has 0 aliphatic heterocycles. The molecule has 0 aromatic rings. The summed E-state index contributed by atoms with van der Waals surface area (Å²) in [5, 5.41) is 0. The fourth-order valence-corrected chi connectivity index (χ4v) is 4.01. The second kappa shape index (κ2) is 2.04. The van der Waals surface area contributed by atoms with E-state index < -0.39 is 0 Å². The predicted octanol–water partition coefficient (Wildman–Crippen LogP) is 3.76. The second-order valence-corrected chi connectivity index (χ2v) is 5.88. The van der Waals surface area contributed by atoms with Crippen LogP contribution < -0.4 is 0 Å². The Bertz CT molecular complexity index is 227. The van der Waals surface area contributed by atoms with Gasteiger partial charge in [0.15, 0.2) is 0 Å². The minimum absolute atomic E-state index is 0.512. The first kappa shape index (κ1) is 8.09. The summed E-state index contributed by atoms with van der Waals surface area (Å²) in [5.41, 5.74) is 1.04. The van der Waals surface area contributed by atoms with Crippen molar-refractivity contribution in [3.8, 4) is 0 Å². The number of fused-ring (bicyclic) bond motifs is 2. The standard InChI is InChI=1S/C10H15I/c1-9(2)7-4-5-10(9,3)8(11)6-7/h6-7H,4-5H2,1-3H3/t7?,10-/m0/s1. The van der Waals surface area contributed by atoms with Crippen molar-refractivity contribution in [1.82, 2.24) is 0 Å². The molecule has 2 aliphatic rings. The maximum Gasteiger partial charge on any atom is 0.00365 e. The third-order valence-electron chi connectivity index (χ3n) is 4.18. The van der Waals surface area contributed by atoms with E-state index in [0.717, 1.165) is 5.92 Å². The van der Waals surface area contributed by atoms with Gasteiger partial charge in [-0.05, 0) is 50.3 Å². The Hall–Kier alpha value is 0.470. The maximum absolute atomic E-state index is 2.53. The van der Waals surface area contributed by atoms with Gasteiger partial charge in [0.2, 0.25) is 0 Å². The van der Waals surface area contributed by atoms with Crippen molar-refractivity contribution >= 4 is 22.6 Å². The highest BCUT2D eigenvalue weighted by molar-refractivity contribution is 14.1. The topological polar surface area (TPSA) is 0 Å². The molecule has 0 aromatic carbocycles. The van der Waals surface area contributed by atoms with Gasteiger partial charge < -0.3 is 0 Å². The summed E-state index contributed by atoms with van der Waals surface area (Å²) in [7, 11) is 0. The Morgan fingerprint density at radius 1 is 1.45 bits per heavy atom. The molecule has 11 heavy (non-hydrogen) atoms. The van der Waals surface area contributed by atoms with Gasteiger partial charge >= 0.3 is 0 Å².